The van der Waals surface area contributed by atoms with Gasteiger partial charge < -0.3 is 14.6 Å². The summed E-state index contributed by atoms with van der Waals surface area (Å²) >= 11 is 0. The average Bonchev–Trinajstić information content (AvgIpc) is 2.84. The van der Waals surface area contributed by atoms with E-state index < -0.39 is 0 Å². The van der Waals surface area contributed by atoms with Crippen LogP contribution in [0.4, 0.5) is 0 Å². The van der Waals surface area contributed by atoms with Crippen molar-refractivity contribution in [1.29, 1.82) is 0 Å². The maximum atomic E-state index is 5.12. The zero-order valence-corrected chi connectivity index (χ0v) is 12.2. The molecule has 108 valence electrons. The highest BCUT2D eigenvalue weighted by Gasteiger charge is 2.06. The van der Waals surface area contributed by atoms with Gasteiger partial charge in [-0.2, -0.15) is 0 Å². The first-order chi connectivity index (χ1) is 10.3. The molecule has 1 aromatic carbocycles. The number of nitrogens with zero attached hydrogens (tertiary/aromatic N) is 3. The normalized spacial score (nSPS) is 11.0. The summed E-state index contributed by atoms with van der Waals surface area (Å²) in [6, 6.07) is 12.1. The van der Waals surface area contributed by atoms with E-state index in [2.05, 4.69) is 25.9 Å². The fraction of sp³-hybridized carbons (Fsp3) is 0.250. The molecular weight excluding hydrogens is 264 g/mol. The molecule has 0 bridgehead atoms. The van der Waals surface area contributed by atoms with Crippen LogP contribution in [0.1, 0.15) is 11.4 Å². The lowest BCUT2D eigenvalue weighted by atomic mass is 10.2. The number of aromatic nitrogens is 3. The predicted octanol–water partition coefficient (Wildman–Crippen LogP) is 2.27. The van der Waals surface area contributed by atoms with Crippen molar-refractivity contribution < 1.29 is 4.74 Å². The number of imidazole rings is 1. The molecule has 2 aromatic heterocycles. The first kappa shape index (κ1) is 13.6. The second-order valence-electron chi connectivity index (χ2n) is 4.89. The van der Waals surface area contributed by atoms with Gasteiger partial charge in [0.1, 0.15) is 5.82 Å². The van der Waals surface area contributed by atoms with Crippen LogP contribution in [0.2, 0.25) is 0 Å². The van der Waals surface area contributed by atoms with Gasteiger partial charge in [-0.05, 0) is 23.8 Å². The maximum absolute atomic E-state index is 5.12. The average molecular weight is 282 g/mol. The molecule has 5 nitrogen and oxygen atoms in total. The number of aryl methyl sites for hydroxylation is 1. The van der Waals surface area contributed by atoms with Gasteiger partial charge >= 0.3 is 0 Å². The number of rotatable bonds is 5. The number of methoxy groups -OCH3 is 1. The zero-order chi connectivity index (χ0) is 14.7. The molecule has 0 unspecified atom stereocenters. The molecule has 1 N–H and O–H groups in total. The van der Waals surface area contributed by atoms with Crippen molar-refractivity contribution in [3.8, 4) is 5.88 Å². The summed E-state index contributed by atoms with van der Waals surface area (Å²) in [5.74, 6) is 1.66. The summed E-state index contributed by atoms with van der Waals surface area (Å²) in [5.41, 5.74) is 3.32. The smallest absolute Gasteiger partial charge is 0.213 e. The molecule has 0 saturated heterocycles. The predicted molar refractivity (Wildman–Crippen MR) is 82.0 cm³/mol. The number of hydrogen-bond donors (Lipinski definition) is 1. The topological polar surface area (TPSA) is 52.0 Å². The van der Waals surface area contributed by atoms with Gasteiger partial charge in [-0.1, -0.05) is 12.1 Å². The fourth-order valence-electron chi connectivity index (χ4n) is 2.34. The van der Waals surface area contributed by atoms with Crippen LogP contribution in [-0.2, 0) is 20.1 Å². The van der Waals surface area contributed by atoms with E-state index in [-0.39, 0.29) is 0 Å². The summed E-state index contributed by atoms with van der Waals surface area (Å²) in [6.45, 7) is 1.47. The Bertz CT molecular complexity index is 751. The van der Waals surface area contributed by atoms with Crippen molar-refractivity contribution in [3.05, 3.63) is 54.0 Å². The Morgan fingerprint density at radius 1 is 1.19 bits per heavy atom. The number of fused-ring (bicyclic) bond motifs is 1. The molecule has 0 aliphatic carbocycles. The van der Waals surface area contributed by atoms with Gasteiger partial charge in [-0.25, -0.2) is 9.97 Å². The molecule has 0 fully saturated rings. The highest BCUT2D eigenvalue weighted by molar-refractivity contribution is 5.75. The molecule has 0 spiro atoms. The van der Waals surface area contributed by atoms with E-state index in [1.807, 2.05) is 37.4 Å². The van der Waals surface area contributed by atoms with Gasteiger partial charge in [0.05, 0.1) is 24.7 Å². The number of hydrogen-bond acceptors (Lipinski definition) is 4. The molecule has 0 aliphatic rings. The summed E-state index contributed by atoms with van der Waals surface area (Å²) < 4.78 is 7.24. The van der Waals surface area contributed by atoms with Crippen LogP contribution in [0.3, 0.4) is 0 Å². The van der Waals surface area contributed by atoms with Crippen LogP contribution in [0, 0.1) is 0 Å². The van der Waals surface area contributed by atoms with E-state index in [4.69, 9.17) is 4.74 Å². The van der Waals surface area contributed by atoms with Crippen LogP contribution >= 0.6 is 0 Å². The number of pyridine rings is 1. The zero-order valence-electron chi connectivity index (χ0n) is 12.2. The molecule has 2 heterocycles. The van der Waals surface area contributed by atoms with Crippen molar-refractivity contribution in [3.63, 3.8) is 0 Å². The molecule has 5 heteroatoms. The minimum atomic E-state index is 0.636. The fourth-order valence-corrected chi connectivity index (χ4v) is 2.34. The summed E-state index contributed by atoms with van der Waals surface area (Å²) in [7, 11) is 3.67. The Hall–Kier alpha value is -2.40. The van der Waals surface area contributed by atoms with Gasteiger partial charge in [-0.3, -0.25) is 0 Å². The number of para-hydroxylation sites is 2. The number of benzene rings is 1. The van der Waals surface area contributed by atoms with Crippen LogP contribution in [0.15, 0.2) is 42.6 Å². The van der Waals surface area contributed by atoms with Gasteiger partial charge in [0.25, 0.3) is 0 Å². The van der Waals surface area contributed by atoms with Gasteiger partial charge in [0.15, 0.2) is 0 Å². The minimum Gasteiger partial charge on any atom is -0.481 e. The van der Waals surface area contributed by atoms with E-state index in [1.165, 1.54) is 0 Å². The number of ether oxygens (including phenoxy) is 1. The van der Waals surface area contributed by atoms with Crippen LogP contribution < -0.4 is 10.1 Å². The van der Waals surface area contributed by atoms with E-state index in [1.54, 1.807) is 13.3 Å². The quantitative estimate of drug-likeness (QED) is 0.780. The van der Waals surface area contributed by atoms with E-state index in [0.29, 0.717) is 5.88 Å². The Balaban J connectivity index is 1.67. The van der Waals surface area contributed by atoms with Gasteiger partial charge in [0, 0.05) is 25.9 Å². The Kier molecular flexibility index (Phi) is 3.83. The maximum Gasteiger partial charge on any atom is 0.213 e. The molecule has 0 atom stereocenters. The highest BCUT2D eigenvalue weighted by Crippen LogP contribution is 2.14. The Morgan fingerprint density at radius 2 is 2.05 bits per heavy atom. The van der Waals surface area contributed by atoms with Gasteiger partial charge in [-0.15, -0.1) is 0 Å². The molecule has 0 aliphatic heterocycles. The monoisotopic (exact) mass is 282 g/mol. The van der Waals surface area contributed by atoms with Crippen LogP contribution in [0.5, 0.6) is 5.88 Å². The van der Waals surface area contributed by atoms with Crippen molar-refractivity contribution in [2.45, 2.75) is 13.1 Å². The second kappa shape index (κ2) is 5.93. The van der Waals surface area contributed by atoms with E-state index >= 15 is 0 Å². The SMILES string of the molecule is COc1cc(CNCc2nc3ccccc3n2C)ccn1. The summed E-state index contributed by atoms with van der Waals surface area (Å²) in [6.07, 6.45) is 1.75. The third kappa shape index (κ3) is 2.87. The van der Waals surface area contributed by atoms with Crippen LogP contribution in [-0.4, -0.2) is 21.6 Å². The molecule has 0 amide bonds. The third-order valence-corrected chi connectivity index (χ3v) is 3.50. The van der Waals surface area contributed by atoms with Gasteiger partial charge in [0.2, 0.25) is 5.88 Å². The lowest BCUT2D eigenvalue weighted by Crippen LogP contribution is -2.15. The third-order valence-electron chi connectivity index (χ3n) is 3.50. The molecule has 21 heavy (non-hydrogen) atoms. The molecule has 3 aromatic rings. The first-order valence-corrected chi connectivity index (χ1v) is 6.88. The molecule has 0 saturated carbocycles. The summed E-state index contributed by atoms with van der Waals surface area (Å²) in [5, 5.41) is 3.40. The highest BCUT2D eigenvalue weighted by atomic mass is 16.5. The second-order valence-corrected chi connectivity index (χ2v) is 4.89. The van der Waals surface area contributed by atoms with E-state index in [0.717, 1.165) is 35.5 Å². The lowest BCUT2D eigenvalue weighted by molar-refractivity contribution is 0.397. The number of nitrogens with one attached hydrogen (secondary N) is 1. The van der Waals surface area contributed by atoms with Crippen molar-refractivity contribution >= 4 is 11.0 Å². The standard InChI is InChI=1S/C16H18N4O/c1-20-14-6-4-3-5-13(14)19-15(20)11-17-10-12-7-8-18-16(9-12)21-2/h3-9,17H,10-11H2,1-2H3. The molecule has 3 rings (SSSR count). The first-order valence-electron chi connectivity index (χ1n) is 6.88. The van der Waals surface area contributed by atoms with E-state index in [9.17, 15) is 0 Å². The van der Waals surface area contributed by atoms with Crippen molar-refractivity contribution in [2.75, 3.05) is 7.11 Å². The summed E-state index contributed by atoms with van der Waals surface area (Å²) in [4.78, 5) is 8.74. The Morgan fingerprint density at radius 3 is 2.86 bits per heavy atom. The molecule has 0 radical (unpaired) electrons. The van der Waals surface area contributed by atoms with Crippen molar-refractivity contribution in [1.82, 2.24) is 19.9 Å². The van der Waals surface area contributed by atoms with Crippen LogP contribution in [0.25, 0.3) is 11.0 Å². The largest absolute Gasteiger partial charge is 0.481 e. The lowest BCUT2D eigenvalue weighted by Gasteiger charge is -2.06. The Labute approximate surface area is 123 Å². The van der Waals surface area contributed by atoms with Crippen molar-refractivity contribution in [2.24, 2.45) is 7.05 Å². The minimum absolute atomic E-state index is 0.636. The molecular formula is C16H18N4O.